The maximum atomic E-state index is 13.0. The van der Waals surface area contributed by atoms with E-state index in [1.54, 1.807) is 12.1 Å². The molecule has 0 aliphatic heterocycles. The molecule has 2 nitrogen and oxygen atoms in total. The Bertz CT molecular complexity index is 573. The highest BCUT2D eigenvalue weighted by Gasteiger charge is 2.10. The molecule has 5 heteroatoms. The van der Waals surface area contributed by atoms with Crippen LogP contribution in [0.25, 0.3) is 11.4 Å². The van der Waals surface area contributed by atoms with Crippen LogP contribution in [0.2, 0.25) is 10.2 Å². The lowest BCUT2D eigenvalue weighted by Gasteiger charge is -2.06. The van der Waals surface area contributed by atoms with Gasteiger partial charge in [-0.2, -0.15) is 0 Å². The second-order valence-corrected chi connectivity index (χ2v) is 4.67. The number of rotatable bonds is 3. The van der Waals surface area contributed by atoms with Crippen LogP contribution in [0.5, 0.6) is 0 Å². The predicted octanol–water partition coefficient (Wildman–Crippen LogP) is 4.54. The molecule has 0 bridgehead atoms. The summed E-state index contributed by atoms with van der Waals surface area (Å²) in [6, 6.07) is 5.84. The fourth-order valence-electron chi connectivity index (χ4n) is 1.64. The van der Waals surface area contributed by atoms with Crippen LogP contribution in [-0.2, 0) is 6.42 Å². The average Bonchev–Trinajstić information content (AvgIpc) is 2.28. The van der Waals surface area contributed by atoms with Crippen LogP contribution in [0.1, 0.15) is 19.0 Å². The highest BCUT2D eigenvalue weighted by Crippen LogP contribution is 2.27. The van der Waals surface area contributed by atoms with E-state index in [2.05, 4.69) is 16.9 Å². The Labute approximate surface area is 115 Å². The Kier molecular flexibility index (Phi) is 4.15. The number of aryl methyl sites for hydroxylation is 1. The van der Waals surface area contributed by atoms with Gasteiger partial charge in [0, 0.05) is 11.3 Å². The molecule has 0 aliphatic rings. The molecule has 1 aromatic heterocycles. The molecule has 0 radical (unpaired) electrons. The number of hydrogen-bond acceptors (Lipinski definition) is 2. The van der Waals surface area contributed by atoms with Crippen molar-refractivity contribution in [3.05, 3.63) is 46.0 Å². The van der Waals surface area contributed by atoms with Crippen molar-refractivity contribution in [3.8, 4) is 11.4 Å². The Morgan fingerprint density at radius 1 is 1.17 bits per heavy atom. The molecule has 18 heavy (non-hydrogen) atoms. The summed E-state index contributed by atoms with van der Waals surface area (Å²) in [6.07, 6.45) is 1.78. The lowest BCUT2D eigenvalue weighted by Crippen LogP contribution is -1.96. The molecule has 94 valence electrons. The first-order chi connectivity index (χ1) is 8.60. The maximum Gasteiger partial charge on any atom is 0.162 e. The number of halogens is 3. The molecule has 1 heterocycles. The third-order valence-corrected chi connectivity index (χ3v) is 2.93. The Morgan fingerprint density at radius 3 is 2.61 bits per heavy atom. The summed E-state index contributed by atoms with van der Waals surface area (Å²) >= 11 is 11.9. The van der Waals surface area contributed by atoms with Gasteiger partial charge in [0.2, 0.25) is 0 Å². The molecule has 0 aliphatic carbocycles. The molecule has 0 saturated carbocycles. The van der Waals surface area contributed by atoms with Crippen LogP contribution in [0.15, 0.2) is 24.3 Å². The zero-order valence-corrected chi connectivity index (χ0v) is 11.3. The number of nitrogens with zero attached hydrogens (tertiary/aromatic N) is 2. The molecule has 2 rings (SSSR count). The van der Waals surface area contributed by atoms with Crippen molar-refractivity contribution in [1.29, 1.82) is 0 Å². The van der Waals surface area contributed by atoms with Crippen LogP contribution in [0, 0.1) is 5.82 Å². The topological polar surface area (TPSA) is 25.8 Å². The summed E-state index contributed by atoms with van der Waals surface area (Å²) in [6.45, 7) is 2.06. The monoisotopic (exact) mass is 284 g/mol. The smallest absolute Gasteiger partial charge is 0.162 e. The summed E-state index contributed by atoms with van der Waals surface area (Å²) in [5, 5.41) is 0.642. The second-order valence-electron chi connectivity index (χ2n) is 3.88. The molecular formula is C13H11Cl2FN2. The third kappa shape index (κ3) is 2.98. The van der Waals surface area contributed by atoms with Crippen LogP contribution in [0.3, 0.4) is 0 Å². The average molecular weight is 285 g/mol. The normalized spacial score (nSPS) is 10.7. The SMILES string of the molecule is CCCc1cc(Cl)nc(-c2ccc(F)cc2Cl)n1. The fourth-order valence-corrected chi connectivity index (χ4v) is 2.10. The second kappa shape index (κ2) is 5.63. The largest absolute Gasteiger partial charge is 0.233 e. The zero-order chi connectivity index (χ0) is 13.1. The van der Waals surface area contributed by atoms with Gasteiger partial charge >= 0.3 is 0 Å². The van der Waals surface area contributed by atoms with Gasteiger partial charge in [-0.25, -0.2) is 14.4 Å². The van der Waals surface area contributed by atoms with E-state index in [0.717, 1.165) is 18.5 Å². The molecule has 2 aromatic rings. The molecular weight excluding hydrogens is 274 g/mol. The minimum atomic E-state index is -0.389. The van der Waals surface area contributed by atoms with E-state index in [1.807, 2.05) is 0 Å². The van der Waals surface area contributed by atoms with Gasteiger partial charge in [-0.15, -0.1) is 0 Å². The van der Waals surface area contributed by atoms with E-state index in [-0.39, 0.29) is 10.8 Å². The van der Waals surface area contributed by atoms with Crippen LogP contribution in [0.4, 0.5) is 4.39 Å². The molecule has 1 aromatic carbocycles. The summed E-state index contributed by atoms with van der Waals surface area (Å²) in [7, 11) is 0. The fraction of sp³-hybridized carbons (Fsp3) is 0.231. The van der Waals surface area contributed by atoms with Gasteiger partial charge in [0.15, 0.2) is 5.82 Å². The summed E-state index contributed by atoms with van der Waals surface area (Å²) in [5.74, 6) is 0.0375. The van der Waals surface area contributed by atoms with E-state index in [1.165, 1.54) is 12.1 Å². The van der Waals surface area contributed by atoms with Crippen molar-refractivity contribution in [1.82, 2.24) is 9.97 Å². The van der Waals surface area contributed by atoms with Crippen LogP contribution >= 0.6 is 23.2 Å². The van der Waals surface area contributed by atoms with Gasteiger partial charge in [0.25, 0.3) is 0 Å². The van der Waals surface area contributed by atoms with Crippen molar-refractivity contribution in [2.24, 2.45) is 0 Å². The minimum Gasteiger partial charge on any atom is -0.233 e. The first-order valence-electron chi connectivity index (χ1n) is 5.59. The van der Waals surface area contributed by atoms with Gasteiger partial charge in [-0.3, -0.25) is 0 Å². The quantitative estimate of drug-likeness (QED) is 0.773. The van der Waals surface area contributed by atoms with Crippen LogP contribution in [-0.4, -0.2) is 9.97 Å². The summed E-state index contributed by atoms with van der Waals surface area (Å²) in [4.78, 5) is 8.51. The Balaban J connectivity index is 2.49. The van der Waals surface area contributed by atoms with Gasteiger partial charge < -0.3 is 0 Å². The summed E-state index contributed by atoms with van der Waals surface area (Å²) < 4.78 is 13.0. The van der Waals surface area contributed by atoms with E-state index in [9.17, 15) is 4.39 Å². The molecule has 0 amide bonds. The van der Waals surface area contributed by atoms with Crippen molar-refractivity contribution in [2.75, 3.05) is 0 Å². The number of hydrogen-bond donors (Lipinski definition) is 0. The van der Waals surface area contributed by atoms with Gasteiger partial charge in [-0.05, 0) is 30.7 Å². The highest BCUT2D eigenvalue weighted by molar-refractivity contribution is 6.33. The molecule has 0 saturated heterocycles. The van der Waals surface area contributed by atoms with Gasteiger partial charge in [0.1, 0.15) is 11.0 Å². The maximum absolute atomic E-state index is 13.0. The van der Waals surface area contributed by atoms with Crippen molar-refractivity contribution >= 4 is 23.2 Å². The highest BCUT2D eigenvalue weighted by atomic mass is 35.5. The first-order valence-corrected chi connectivity index (χ1v) is 6.34. The third-order valence-electron chi connectivity index (χ3n) is 2.43. The first kappa shape index (κ1) is 13.2. The van der Waals surface area contributed by atoms with Gasteiger partial charge in [0.05, 0.1) is 5.02 Å². The number of aromatic nitrogens is 2. The van der Waals surface area contributed by atoms with Crippen molar-refractivity contribution in [2.45, 2.75) is 19.8 Å². The lowest BCUT2D eigenvalue weighted by atomic mass is 10.2. The van der Waals surface area contributed by atoms with Crippen molar-refractivity contribution < 1.29 is 4.39 Å². The van der Waals surface area contributed by atoms with E-state index in [0.29, 0.717) is 16.5 Å². The Morgan fingerprint density at radius 2 is 1.94 bits per heavy atom. The van der Waals surface area contributed by atoms with Gasteiger partial charge in [-0.1, -0.05) is 36.5 Å². The molecule has 0 spiro atoms. The van der Waals surface area contributed by atoms with E-state index < -0.39 is 0 Å². The van der Waals surface area contributed by atoms with E-state index in [4.69, 9.17) is 23.2 Å². The molecule has 0 unspecified atom stereocenters. The minimum absolute atomic E-state index is 0.278. The molecule has 0 N–H and O–H groups in total. The Hall–Kier alpha value is -1.19. The standard InChI is InChI=1S/C13H11Cl2FN2/c1-2-3-9-7-12(15)18-13(17-9)10-5-4-8(16)6-11(10)14/h4-7H,2-3H2,1H3. The van der Waals surface area contributed by atoms with Crippen LogP contribution < -0.4 is 0 Å². The molecule has 0 fully saturated rings. The lowest BCUT2D eigenvalue weighted by molar-refractivity contribution is 0.628. The molecule has 0 atom stereocenters. The summed E-state index contributed by atoms with van der Waals surface area (Å²) in [5.41, 5.74) is 1.44. The number of benzene rings is 1. The predicted molar refractivity (Wildman–Crippen MR) is 71.4 cm³/mol. The van der Waals surface area contributed by atoms with Crippen molar-refractivity contribution in [3.63, 3.8) is 0 Å². The van der Waals surface area contributed by atoms with E-state index >= 15 is 0 Å². The zero-order valence-electron chi connectivity index (χ0n) is 9.75.